The Morgan fingerprint density at radius 2 is 1.69 bits per heavy atom. The van der Waals surface area contributed by atoms with Gasteiger partial charge in [0.15, 0.2) is 0 Å². The Morgan fingerprint density at radius 1 is 1.00 bits per heavy atom. The van der Waals surface area contributed by atoms with Crippen molar-refractivity contribution in [2.45, 2.75) is 13.5 Å². The zero-order valence-electron chi connectivity index (χ0n) is 17.7. The van der Waals surface area contributed by atoms with Gasteiger partial charge in [-0.3, -0.25) is 9.59 Å². The third-order valence-corrected chi connectivity index (χ3v) is 4.89. The summed E-state index contributed by atoms with van der Waals surface area (Å²) in [5.41, 5.74) is 3.04. The van der Waals surface area contributed by atoms with E-state index in [0.717, 1.165) is 17.8 Å². The van der Waals surface area contributed by atoms with Crippen LogP contribution in [-0.4, -0.2) is 62.9 Å². The maximum Gasteiger partial charge on any atom is 0.257 e. The molecule has 7 heteroatoms. The third-order valence-electron chi connectivity index (χ3n) is 4.56. The van der Waals surface area contributed by atoms with E-state index in [2.05, 4.69) is 5.32 Å². The predicted molar refractivity (Wildman–Crippen MR) is 120 cm³/mol. The molecule has 2 rings (SSSR count). The van der Waals surface area contributed by atoms with Gasteiger partial charge in [0.05, 0.1) is 10.6 Å². The summed E-state index contributed by atoms with van der Waals surface area (Å²) in [4.78, 5) is 30.6. The van der Waals surface area contributed by atoms with E-state index in [4.69, 9.17) is 11.6 Å². The fourth-order valence-corrected chi connectivity index (χ4v) is 3.17. The van der Waals surface area contributed by atoms with Crippen LogP contribution >= 0.6 is 11.6 Å². The minimum atomic E-state index is -0.268. The maximum absolute atomic E-state index is 12.6. The lowest BCUT2D eigenvalue weighted by atomic mass is 10.1. The van der Waals surface area contributed by atoms with Crippen molar-refractivity contribution in [3.8, 4) is 0 Å². The van der Waals surface area contributed by atoms with Gasteiger partial charge < -0.3 is 20.0 Å². The number of halogens is 1. The number of rotatable bonds is 8. The second kappa shape index (κ2) is 10.3. The van der Waals surface area contributed by atoms with E-state index in [1.165, 1.54) is 0 Å². The van der Waals surface area contributed by atoms with Gasteiger partial charge in [0.2, 0.25) is 5.91 Å². The van der Waals surface area contributed by atoms with Crippen molar-refractivity contribution in [2.24, 2.45) is 0 Å². The van der Waals surface area contributed by atoms with E-state index in [1.54, 1.807) is 31.2 Å². The molecule has 0 saturated carbocycles. The summed E-state index contributed by atoms with van der Waals surface area (Å²) in [5, 5.41) is 3.31. The first-order valence-electron chi connectivity index (χ1n) is 9.45. The molecule has 6 nitrogen and oxygen atoms in total. The zero-order chi connectivity index (χ0) is 21.6. The number of hydrogen-bond acceptors (Lipinski definition) is 4. The molecular formula is C22H29ClN4O2. The summed E-state index contributed by atoms with van der Waals surface area (Å²) in [6, 6.07) is 12.6. The largest absolute Gasteiger partial charge is 0.377 e. The summed E-state index contributed by atoms with van der Waals surface area (Å²) in [6.07, 6.45) is 0. The first-order chi connectivity index (χ1) is 13.7. The van der Waals surface area contributed by atoms with Gasteiger partial charge in [0, 0.05) is 52.0 Å². The number of amides is 2. The topological polar surface area (TPSA) is 55.9 Å². The molecule has 2 aromatic carbocycles. The summed E-state index contributed by atoms with van der Waals surface area (Å²) in [7, 11) is 7.88. The fourth-order valence-electron chi connectivity index (χ4n) is 2.94. The van der Waals surface area contributed by atoms with Gasteiger partial charge in [-0.1, -0.05) is 23.7 Å². The average molecular weight is 417 g/mol. The quantitative estimate of drug-likeness (QED) is 0.714. The van der Waals surface area contributed by atoms with Crippen molar-refractivity contribution in [2.75, 3.05) is 51.5 Å². The standard InChI is InChI=1S/C22H29ClN4O2/c1-16(28)27(13-12-25(2)3)15-17-14-18(10-11-21(17)26(4)5)24-22(29)19-8-6-7-9-20(19)23/h6-11,14H,12-13,15H2,1-5H3,(H,24,29). The number of carbonyl (C=O) groups is 2. The Morgan fingerprint density at radius 3 is 2.28 bits per heavy atom. The van der Waals surface area contributed by atoms with E-state index in [-0.39, 0.29) is 11.8 Å². The minimum absolute atomic E-state index is 0.0158. The molecule has 0 aliphatic rings. The average Bonchev–Trinajstić information content (AvgIpc) is 2.64. The van der Waals surface area contributed by atoms with Gasteiger partial charge in [-0.15, -0.1) is 0 Å². The first kappa shape index (κ1) is 22.7. The predicted octanol–water partition coefficient (Wildman–Crippen LogP) is 3.57. The van der Waals surface area contributed by atoms with Gasteiger partial charge in [-0.05, 0) is 50.0 Å². The van der Waals surface area contributed by atoms with Crippen LogP contribution in [0.25, 0.3) is 0 Å². The molecule has 0 radical (unpaired) electrons. The van der Waals surface area contributed by atoms with Crippen molar-refractivity contribution in [3.05, 3.63) is 58.6 Å². The number of likely N-dealkylation sites (N-methyl/N-ethyl adjacent to an activating group) is 1. The molecule has 0 aliphatic carbocycles. The second-order valence-electron chi connectivity index (χ2n) is 7.42. The van der Waals surface area contributed by atoms with E-state index in [0.29, 0.717) is 29.4 Å². The van der Waals surface area contributed by atoms with Crippen LogP contribution in [0.3, 0.4) is 0 Å². The van der Waals surface area contributed by atoms with E-state index < -0.39 is 0 Å². The number of benzene rings is 2. The highest BCUT2D eigenvalue weighted by atomic mass is 35.5. The van der Waals surface area contributed by atoms with E-state index >= 15 is 0 Å². The summed E-state index contributed by atoms with van der Waals surface area (Å²) < 4.78 is 0. The smallest absolute Gasteiger partial charge is 0.257 e. The Hall–Kier alpha value is -2.57. The van der Waals surface area contributed by atoms with Crippen LogP contribution in [0.1, 0.15) is 22.8 Å². The van der Waals surface area contributed by atoms with E-state index in [1.807, 2.05) is 61.1 Å². The molecule has 0 fully saturated rings. The van der Waals surface area contributed by atoms with Crippen LogP contribution < -0.4 is 10.2 Å². The van der Waals surface area contributed by atoms with Crippen LogP contribution in [0, 0.1) is 0 Å². The van der Waals surface area contributed by atoms with Gasteiger partial charge in [-0.25, -0.2) is 0 Å². The van der Waals surface area contributed by atoms with E-state index in [9.17, 15) is 9.59 Å². The van der Waals surface area contributed by atoms with Crippen LogP contribution in [0.15, 0.2) is 42.5 Å². The summed E-state index contributed by atoms with van der Waals surface area (Å²) >= 11 is 6.13. The number of carbonyl (C=O) groups excluding carboxylic acids is 2. The van der Waals surface area contributed by atoms with Crippen LogP contribution in [0.2, 0.25) is 5.02 Å². The van der Waals surface area contributed by atoms with Crippen molar-refractivity contribution >= 4 is 34.8 Å². The van der Waals surface area contributed by atoms with Crippen molar-refractivity contribution in [1.29, 1.82) is 0 Å². The highest BCUT2D eigenvalue weighted by Crippen LogP contribution is 2.25. The summed E-state index contributed by atoms with van der Waals surface area (Å²) in [5.74, 6) is -0.253. The molecule has 0 saturated heterocycles. The van der Waals surface area contributed by atoms with Crippen molar-refractivity contribution in [3.63, 3.8) is 0 Å². The molecule has 29 heavy (non-hydrogen) atoms. The maximum atomic E-state index is 12.6. The zero-order valence-corrected chi connectivity index (χ0v) is 18.5. The van der Waals surface area contributed by atoms with Gasteiger partial charge in [0.25, 0.3) is 5.91 Å². The highest BCUT2D eigenvalue weighted by molar-refractivity contribution is 6.34. The Bertz CT molecular complexity index is 868. The van der Waals surface area contributed by atoms with Gasteiger partial charge >= 0.3 is 0 Å². The number of nitrogens with one attached hydrogen (secondary N) is 1. The Balaban J connectivity index is 2.27. The van der Waals surface area contributed by atoms with Crippen molar-refractivity contribution < 1.29 is 9.59 Å². The normalized spacial score (nSPS) is 10.7. The molecular weight excluding hydrogens is 388 g/mol. The van der Waals surface area contributed by atoms with Gasteiger partial charge in [-0.2, -0.15) is 0 Å². The third kappa shape index (κ3) is 6.48. The molecule has 156 valence electrons. The van der Waals surface area contributed by atoms with Crippen LogP contribution in [-0.2, 0) is 11.3 Å². The lowest BCUT2D eigenvalue weighted by molar-refractivity contribution is -0.129. The molecule has 0 bridgehead atoms. The lowest BCUT2D eigenvalue weighted by Gasteiger charge is -2.26. The second-order valence-corrected chi connectivity index (χ2v) is 7.82. The Labute approximate surface area is 178 Å². The van der Waals surface area contributed by atoms with Crippen LogP contribution in [0.4, 0.5) is 11.4 Å². The molecule has 0 spiro atoms. The molecule has 0 aromatic heterocycles. The first-order valence-corrected chi connectivity index (χ1v) is 9.83. The molecule has 0 atom stereocenters. The number of anilines is 2. The summed E-state index contributed by atoms with van der Waals surface area (Å²) in [6.45, 7) is 3.45. The number of hydrogen-bond donors (Lipinski definition) is 1. The highest BCUT2D eigenvalue weighted by Gasteiger charge is 2.16. The lowest BCUT2D eigenvalue weighted by Crippen LogP contribution is -2.35. The molecule has 2 amide bonds. The number of nitrogens with zero attached hydrogens (tertiary/aromatic N) is 3. The Kier molecular flexibility index (Phi) is 8.05. The SMILES string of the molecule is CC(=O)N(CCN(C)C)Cc1cc(NC(=O)c2ccccc2Cl)ccc1N(C)C. The molecule has 0 unspecified atom stereocenters. The molecule has 0 heterocycles. The molecule has 2 aromatic rings. The fraction of sp³-hybridized carbons (Fsp3) is 0.364. The monoisotopic (exact) mass is 416 g/mol. The molecule has 0 aliphatic heterocycles. The molecule has 1 N–H and O–H groups in total. The van der Waals surface area contributed by atoms with Crippen LogP contribution in [0.5, 0.6) is 0 Å². The minimum Gasteiger partial charge on any atom is -0.377 e. The van der Waals surface area contributed by atoms with Crippen molar-refractivity contribution in [1.82, 2.24) is 9.80 Å². The van der Waals surface area contributed by atoms with Gasteiger partial charge in [0.1, 0.15) is 0 Å².